The minimum Gasteiger partial charge on any atom is -0.393 e. The van der Waals surface area contributed by atoms with E-state index in [1.54, 1.807) is 7.05 Å². The Balaban J connectivity index is 2.08. The quantitative estimate of drug-likeness (QED) is 0.872. The van der Waals surface area contributed by atoms with Crippen molar-refractivity contribution in [2.75, 3.05) is 13.6 Å². The van der Waals surface area contributed by atoms with Gasteiger partial charge in [-0.05, 0) is 30.9 Å². The summed E-state index contributed by atoms with van der Waals surface area (Å²) in [4.78, 5) is 13.6. The van der Waals surface area contributed by atoms with Crippen LogP contribution in [0.15, 0.2) is 12.1 Å². The number of aliphatic hydroxyl groups is 1. The first-order valence-corrected chi connectivity index (χ1v) is 6.72. The zero-order valence-corrected chi connectivity index (χ0v) is 11.9. The average Bonchev–Trinajstić information content (AvgIpc) is 2.31. The summed E-state index contributed by atoms with van der Waals surface area (Å²) in [5.41, 5.74) is 0.103. The van der Waals surface area contributed by atoms with Crippen molar-refractivity contribution in [3.8, 4) is 0 Å². The normalized spacial score (nSPS) is 21.9. The van der Waals surface area contributed by atoms with Gasteiger partial charge >= 0.3 is 0 Å². The number of benzene rings is 1. The molecule has 1 N–H and O–H groups in total. The molecule has 0 atom stereocenters. The highest BCUT2D eigenvalue weighted by Gasteiger charge is 2.29. The van der Waals surface area contributed by atoms with Crippen LogP contribution in [0.4, 0.5) is 4.39 Å². The molecular weight excluding hydrogens is 292 g/mol. The Morgan fingerprint density at radius 1 is 1.42 bits per heavy atom. The van der Waals surface area contributed by atoms with Crippen LogP contribution < -0.4 is 0 Å². The van der Waals surface area contributed by atoms with Crippen molar-refractivity contribution >= 4 is 29.1 Å². The van der Waals surface area contributed by atoms with Crippen LogP contribution in [-0.2, 0) is 0 Å². The zero-order chi connectivity index (χ0) is 14.2. The van der Waals surface area contributed by atoms with Crippen molar-refractivity contribution in [2.45, 2.75) is 18.9 Å². The van der Waals surface area contributed by atoms with Crippen molar-refractivity contribution in [1.29, 1.82) is 0 Å². The molecule has 0 aliphatic heterocycles. The van der Waals surface area contributed by atoms with E-state index < -0.39 is 5.82 Å². The molecule has 1 aliphatic carbocycles. The van der Waals surface area contributed by atoms with Crippen LogP contribution in [0.3, 0.4) is 0 Å². The van der Waals surface area contributed by atoms with Crippen LogP contribution in [0.25, 0.3) is 0 Å². The molecule has 104 valence electrons. The number of halogens is 3. The Morgan fingerprint density at radius 3 is 2.63 bits per heavy atom. The maximum absolute atomic E-state index is 13.4. The van der Waals surface area contributed by atoms with Gasteiger partial charge in [-0.15, -0.1) is 0 Å². The molecule has 1 aliphatic rings. The van der Waals surface area contributed by atoms with Gasteiger partial charge in [-0.2, -0.15) is 0 Å². The van der Waals surface area contributed by atoms with Crippen LogP contribution in [0.1, 0.15) is 23.2 Å². The SMILES string of the molecule is CN(CC1CC(O)C1)C(=O)c1cc(F)c(Cl)cc1Cl. The molecule has 0 radical (unpaired) electrons. The fraction of sp³-hybridized carbons (Fsp3) is 0.462. The first kappa shape index (κ1) is 14.6. The zero-order valence-electron chi connectivity index (χ0n) is 10.4. The first-order chi connectivity index (χ1) is 8.88. The highest BCUT2D eigenvalue weighted by atomic mass is 35.5. The number of aliphatic hydroxyl groups excluding tert-OH is 1. The van der Waals surface area contributed by atoms with Gasteiger partial charge in [0.1, 0.15) is 5.82 Å². The van der Waals surface area contributed by atoms with Crippen molar-refractivity contribution in [3.05, 3.63) is 33.6 Å². The summed E-state index contributed by atoms with van der Waals surface area (Å²) < 4.78 is 13.4. The van der Waals surface area contributed by atoms with E-state index in [0.717, 1.165) is 6.07 Å². The summed E-state index contributed by atoms with van der Waals surface area (Å²) >= 11 is 11.5. The molecule has 0 aromatic heterocycles. The smallest absolute Gasteiger partial charge is 0.255 e. The van der Waals surface area contributed by atoms with E-state index in [4.69, 9.17) is 23.2 Å². The van der Waals surface area contributed by atoms with Crippen molar-refractivity contribution < 1.29 is 14.3 Å². The highest BCUT2D eigenvalue weighted by molar-refractivity contribution is 6.36. The predicted molar refractivity (Wildman–Crippen MR) is 72.1 cm³/mol. The minimum absolute atomic E-state index is 0.103. The molecule has 0 unspecified atom stereocenters. The number of amides is 1. The third kappa shape index (κ3) is 3.19. The largest absolute Gasteiger partial charge is 0.393 e. The Kier molecular flexibility index (Phi) is 4.33. The maximum Gasteiger partial charge on any atom is 0.255 e. The van der Waals surface area contributed by atoms with Gasteiger partial charge in [0.15, 0.2) is 0 Å². The molecule has 2 rings (SSSR count). The molecule has 1 fully saturated rings. The summed E-state index contributed by atoms with van der Waals surface area (Å²) in [6.45, 7) is 0.524. The van der Waals surface area contributed by atoms with Gasteiger partial charge in [0.25, 0.3) is 5.91 Å². The van der Waals surface area contributed by atoms with Gasteiger partial charge in [-0.25, -0.2) is 4.39 Å². The third-order valence-electron chi connectivity index (χ3n) is 3.33. The summed E-state index contributed by atoms with van der Waals surface area (Å²) in [5, 5.41) is 9.24. The van der Waals surface area contributed by atoms with Crippen molar-refractivity contribution in [2.24, 2.45) is 5.92 Å². The molecule has 6 heteroatoms. The topological polar surface area (TPSA) is 40.5 Å². The molecular formula is C13H14Cl2FNO2. The monoisotopic (exact) mass is 305 g/mol. The summed E-state index contributed by atoms with van der Waals surface area (Å²) in [7, 11) is 1.63. The lowest BCUT2D eigenvalue weighted by atomic mass is 9.82. The van der Waals surface area contributed by atoms with Crippen LogP contribution in [0.5, 0.6) is 0 Å². The number of carbonyl (C=O) groups excluding carboxylic acids is 1. The van der Waals surface area contributed by atoms with E-state index in [1.165, 1.54) is 11.0 Å². The fourth-order valence-corrected chi connectivity index (χ4v) is 2.68. The molecule has 1 amide bonds. The molecule has 1 aromatic carbocycles. The second-order valence-electron chi connectivity index (χ2n) is 4.92. The van der Waals surface area contributed by atoms with E-state index in [0.29, 0.717) is 25.3 Å². The van der Waals surface area contributed by atoms with Crippen LogP contribution in [0.2, 0.25) is 10.0 Å². The molecule has 1 saturated carbocycles. The summed E-state index contributed by atoms with van der Waals surface area (Å²) in [5.74, 6) is -0.719. The van der Waals surface area contributed by atoms with Gasteiger partial charge in [-0.1, -0.05) is 23.2 Å². The highest BCUT2D eigenvalue weighted by Crippen LogP contribution is 2.29. The molecule has 1 aromatic rings. The Labute approximate surface area is 120 Å². The van der Waals surface area contributed by atoms with Crippen LogP contribution in [0, 0.1) is 11.7 Å². The minimum atomic E-state index is -0.665. The summed E-state index contributed by atoms with van der Waals surface area (Å²) in [6.07, 6.45) is 1.13. The van der Waals surface area contributed by atoms with E-state index in [1.807, 2.05) is 0 Å². The van der Waals surface area contributed by atoms with E-state index in [-0.39, 0.29) is 27.6 Å². The standard InChI is InChI=1S/C13H14Cl2FNO2/c1-17(6-7-2-8(18)3-7)13(19)9-4-12(16)11(15)5-10(9)14/h4-5,7-8,18H,2-3,6H2,1H3. The second-order valence-corrected chi connectivity index (χ2v) is 5.74. The van der Waals surface area contributed by atoms with E-state index in [2.05, 4.69) is 0 Å². The summed E-state index contributed by atoms with van der Waals surface area (Å²) in [6, 6.07) is 2.28. The lowest BCUT2D eigenvalue weighted by Crippen LogP contribution is -2.39. The number of nitrogens with zero attached hydrogens (tertiary/aromatic N) is 1. The van der Waals surface area contributed by atoms with Crippen LogP contribution >= 0.6 is 23.2 Å². The maximum atomic E-state index is 13.4. The van der Waals surface area contributed by atoms with Gasteiger partial charge < -0.3 is 10.0 Å². The number of carbonyl (C=O) groups is 1. The first-order valence-electron chi connectivity index (χ1n) is 5.96. The Bertz CT molecular complexity index is 504. The third-order valence-corrected chi connectivity index (χ3v) is 3.93. The van der Waals surface area contributed by atoms with E-state index >= 15 is 0 Å². The van der Waals surface area contributed by atoms with Gasteiger partial charge in [0.2, 0.25) is 0 Å². The Hall–Kier alpha value is -0.840. The van der Waals surface area contributed by atoms with Gasteiger partial charge in [0, 0.05) is 13.6 Å². The van der Waals surface area contributed by atoms with Crippen molar-refractivity contribution in [1.82, 2.24) is 4.90 Å². The number of hydrogen-bond acceptors (Lipinski definition) is 2. The second kappa shape index (κ2) is 5.65. The number of rotatable bonds is 3. The molecule has 19 heavy (non-hydrogen) atoms. The van der Waals surface area contributed by atoms with Crippen molar-refractivity contribution in [3.63, 3.8) is 0 Å². The fourth-order valence-electron chi connectivity index (χ4n) is 2.21. The Morgan fingerprint density at radius 2 is 2.05 bits per heavy atom. The van der Waals surface area contributed by atoms with E-state index in [9.17, 15) is 14.3 Å². The number of hydrogen-bond donors (Lipinski definition) is 1. The predicted octanol–water partition coefficient (Wildman–Crippen LogP) is 2.98. The lowest BCUT2D eigenvalue weighted by molar-refractivity contribution is 0.0265. The lowest BCUT2D eigenvalue weighted by Gasteiger charge is -2.34. The molecule has 3 nitrogen and oxygen atoms in total. The molecule has 0 spiro atoms. The van der Waals surface area contributed by atoms with Crippen LogP contribution in [-0.4, -0.2) is 35.6 Å². The molecule has 0 heterocycles. The molecule has 0 saturated heterocycles. The molecule has 0 bridgehead atoms. The van der Waals surface area contributed by atoms with Gasteiger partial charge in [-0.3, -0.25) is 4.79 Å². The van der Waals surface area contributed by atoms with Gasteiger partial charge in [0.05, 0.1) is 21.7 Å². The average molecular weight is 306 g/mol.